The Kier molecular flexibility index (Phi) is 16.0. The van der Waals surface area contributed by atoms with Gasteiger partial charge in [-0.2, -0.15) is 0 Å². The highest BCUT2D eigenvalue weighted by molar-refractivity contribution is 4.81. The molecule has 0 bridgehead atoms. The van der Waals surface area contributed by atoms with Crippen molar-refractivity contribution >= 4 is 0 Å². The van der Waals surface area contributed by atoms with E-state index in [1.807, 2.05) is 0 Å². The van der Waals surface area contributed by atoms with Crippen molar-refractivity contribution in [3.63, 3.8) is 0 Å². The molecule has 0 rings (SSSR count). The summed E-state index contributed by atoms with van der Waals surface area (Å²) >= 11 is 0. The average molecular weight is 250 g/mol. The molecule has 0 fully saturated rings. The van der Waals surface area contributed by atoms with E-state index >= 15 is 0 Å². The maximum Gasteiger partial charge on any atom is -0.0351 e. The minimum Gasteiger partial charge on any atom is -0.0917 e. The lowest BCUT2D eigenvalue weighted by molar-refractivity contribution is 0.583. The molecule has 0 N–H and O–H groups in total. The predicted molar refractivity (Wildman–Crippen MR) is 85.0 cm³/mol. The predicted octanol–water partition coefficient (Wildman–Crippen LogP) is 6.82. The van der Waals surface area contributed by atoms with E-state index in [0.717, 1.165) is 0 Å². The summed E-state index contributed by atoms with van der Waals surface area (Å²) in [5.74, 6) is 0. The summed E-state index contributed by atoms with van der Waals surface area (Å²) in [6.45, 7) is 4.36. The van der Waals surface area contributed by atoms with Crippen molar-refractivity contribution in [2.75, 3.05) is 0 Å². The van der Waals surface area contributed by atoms with Crippen molar-refractivity contribution < 1.29 is 0 Å². The van der Waals surface area contributed by atoms with Gasteiger partial charge >= 0.3 is 0 Å². The third-order valence-corrected chi connectivity index (χ3v) is 3.37. The smallest absolute Gasteiger partial charge is 0.0351 e. The fourth-order valence-electron chi connectivity index (χ4n) is 2.13. The zero-order valence-electron chi connectivity index (χ0n) is 12.8. The minimum atomic E-state index is 1.28. The quantitative estimate of drug-likeness (QED) is 0.248. The van der Waals surface area contributed by atoms with E-state index in [4.69, 9.17) is 0 Å². The largest absolute Gasteiger partial charge is 0.0917 e. The van der Waals surface area contributed by atoms with Crippen LogP contribution in [0.25, 0.3) is 0 Å². The third-order valence-electron chi connectivity index (χ3n) is 3.37. The van der Waals surface area contributed by atoms with Crippen molar-refractivity contribution in [2.24, 2.45) is 0 Å². The lowest BCUT2D eigenvalue weighted by atomic mass is 10.1. The highest BCUT2D eigenvalue weighted by Gasteiger charge is 1.90. The Bertz CT molecular complexity index is 188. The van der Waals surface area contributed by atoms with Crippen LogP contribution < -0.4 is 0 Å². The topological polar surface area (TPSA) is 0 Å². The minimum absolute atomic E-state index is 1.28. The fourth-order valence-corrected chi connectivity index (χ4v) is 2.13. The standard InChI is InChI=1S/C18H34/c1-3-5-7-9-11-13-15-17-18-16-14-12-10-8-6-4-2/h3,5,10,12H,4,6-9,11,13-18H2,1-2H3/b5-3+,12-10+. The van der Waals surface area contributed by atoms with Gasteiger partial charge in [0.1, 0.15) is 0 Å². The van der Waals surface area contributed by atoms with E-state index in [-0.39, 0.29) is 0 Å². The van der Waals surface area contributed by atoms with Crippen LogP contribution in [0.1, 0.15) is 90.9 Å². The Labute approximate surface area is 116 Å². The molecule has 0 unspecified atom stereocenters. The van der Waals surface area contributed by atoms with Crippen molar-refractivity contribution in [2.45, 2.75) is 90.9 Å². The maximum absolute atomic E-state index is 2.38. The SMILES string of the molecule is C/C=C/CCCCCCCCC/C=C/CCCC. The molecule has 0 aromatic carbocycles. The number of rotatable bonds is 13. The average Bonchev–Trinajstić information content (AvgIpc) is 2.39. The van der Waals surface area contributed by atoms with E-state index in [2.05, 4.69) is 38.2 Å². The van der Waals surface area contributed by atoms with Gasteiger partial charge in [-0.1, -0.05) is 76.2 Å². The molecule has 0 aliphatic heterocycles. The van der Waals surface area contributed by atoms with Gasteiger partial charge in [-0.15, -0.1) is 0 Å². The number of allylic oxidation sites excluding steroid dienone is 4. The number of hydrogen-bond donors (Lipinski definition) is 0. The normalized spacial score (nSPS) is 11.9. The molecule has 0 radical (unpaired) electrons. The van der Waals surface area contributed by atoms with E-state index in [1.165, 1.54) is 77.0 Å². The molecular formula is C18H34. The highest BCUT2D eigenvalue weighted by atomic mass is 14.0. The first-order valence-electron chi connectivity index (χ1n) is 8.18. The van der Waals surface area contributed by atoms with Crippen LogP contribution in [0, 0.1) is 0 Å². The molecule has 0 spiro atoms. The van der Waals surface area contributed by atoms with E-state index in [0.29, 0.717) is 0 Å². The van der Waals surface area contributed by atoms with Gasteiger partial charge < -0.3 is 0 Å². The van der Waals surface area contributed by atoms with Crippen LogP contribution in [0.5, 0.6) is 0 Å². The van der Waals surface area contributed by atoms with Crippen molar-refractivity contribution in [1.82, 2.24) is 0 Å². The first kappa shape index (κ1) is 17.5. The lowest BCUT2D eigenvalue weighted by Gasteiger charge is -2.00. The van der Waals surface area contributed by atoms with Crippen LogP contribution in [-0.2, 0) is 0 Å². The van der Waals surface area contributed by atoms with Gasteiger partial charge in [-0.05, 0) is 39.0 Å². The molecule has 0 amide bonds. The van der Waals surface area contributed by atoms with Gasteiger partial charge in [0.15, 0.2) is 0 Å². The number of hydrogen-bond acceptors (Lipinski definition) is 0. The summed E-state index contributed by atoms with van der Waals surface area (Å²) in [6.07, 6.45) is 25.6. The molecule has 0 heteroatoms. The van der Waals surface area contributed by atoms with Crippen LogP contribution in [0.2, 0.25) is 0 Å². The van der Waals surface area contributed by atoms with Gasteiger partial charge in [0.2, 0.25) is 0 Å². The van der Waals surface area contributed by atoms with Crippen molar-refractivity contribution in [1.29, 1.82) is 0 Å². The van der Waals surface area contributed by atoms with Gasteiger partial charge in [-0.3, -0.25) is 0 Å². The molecule has 0 aliphatic rings. The molecule has 0 saturated heterocycles. The second-order valence-electron chi connectivity index (χ2n) is 5.23. The Balaban J connectivity index is 3.00. The van der Waals surface area contributed by atoms with E-state index < -0.39 is 0 Å². The highest BCUT2D eigenvalue weighted by Crippen LogP contribution is 2.10. The maximum atomic E-state index is 2.38. The monoisotopic (exact) mass is 250 g/mol. The Morgan fingerprint density at radius 1 is 0.556 bits per heavy atom. The first-order valence-corrected chi connectivity index (χ1v) is 8.18. The van der Waals surface area contributed by atoms with Crippen LogP contribution in [0.4, 0.5) is 0 Å². The van der Waals surface area contributed by atoms with Crippen molar-refractivity contribution in [3.8, 4) is 0 Å². The van der Waals surface area contributed by atoms with E-state index in [1.54, 1.807) is 0 Å². The van der Waals surface area contributed by atoms with E-state index in [9.17, 15) is 0 Å². The summed E-state index contributed by atoms with van der Waals surface area (Å²) in [4.78, 5) is 0. The van der Waals surface area contributed by atoms with Gasteiger partial charge in [-0.25, -0.2) is 0 Å². The zero-order chi connectivity index (χ0) is 13.3. The third kappa shape index (κ3) is 15.5. The van der Waals surface area contributed by atoms with Crippen molar-refractivity contribution in [3.05, 3.63) is 24.3 Å². The molecule has 0 nitrogen and oxygen atoms in total. The summed E-state index contributed by atoms with van der Waals surface area (Å²) in [7, 11) is 0. The second-order valence-corrected chi connectivity index (χ2v) is 5.23. The molecule has 18 heavy (non-hydrogen) atoms. The molecule has 0 aliphatic carbocycles. The summed E-state index contributed by atoms with van der Waals surface area (Å²) < 4.78 is 0. The first-order chi connectivity index (χ1) is 8.91. The summed E-state index contributed by atoms with van der Waals surface area (Å²) in [5.41, 5.74) is 0. The van der Waals surface area contributed by atoms with Gasteiger partial charge in [0.25, 0.3) is 0 Å². The summed E-state index contributed by atoms with van der Waals surface area (Å²) in [6, 6.07) is 0. The molecule has 0 saturated carbocycles. The molecular weight excluding hydrogens is 216 g/mol. The number of unbranched alkanes of at least 4 members (excludes halogenated alkanes) is 10. The molecule has 0 aromatic rings. The Morgan fingerprint density at radius 3 is 1.50 bits per heavy atom. The van der Waals surface area contributed by atoms with Crippen LogP contribution >= 0.6 is 0 Å². The van der Waals surface area contributed by atoms with Gasteiger partial charge in [0, 0.05) is 0 Å². The zero-order valence-corrected chi connectivity index (χ0v) is 12.8. The van der Waals surface area contributed by atoms with Crippen LogP contribution in [0.3, 0.4) is 0 Å². The Hall–Kier alpha value is -0.520. The molecule has 0 aromatic heterocycles. The summed E-state index contributed by atoms with van der Waals surface area (Å²) in [5, 5.41) is 0. The van der Waals surface area contributed by atoms with Crippen LogP contribution in [0.15, 0.2) is 24.3 Å². The fraction of sp³-hybridized carbons (Fsp3) is 0.778. The molecule has 106 valence electrons. The lowest BCUT2D eigenvalue weighted by Crippen LogP contribution is -1.80. The van der Waals surface area contributed by atoms with Gasteiger partial charge in [0.05, 0.1) is 0 Å². The molecule has 0 heterocycles. The Morgan fingerprint density at radius 2 is 1.00 bits per heavy atom. The molecule has 0 atom stereocenters. The van der Waals surface area contributed by atoms with Crippen LogP contribution in [-0.4, -0.2) is 0 Å². The second kappa shape index (κ2) is 16.5.